The summed E-state index contributed by atoms with van der Waals surface area (Å²) < 4.78 is 6.72. The van der Waals surface area contributed by atoms with Gasteiger partial charge in [0, 0.05) is 16.2 Å². The van der Waals surface area contributed by atoms with Crippen LogP contribution in [0.25, 0.3) is 0 Å². The molecule has 0 aliphatic heterocycles. The molecule has 2 rings (SSSR count). The molecule has 0 radical (unpaired) electrons. The molecule has 0 spiro atoms. The van der Waals surface area contributed by atoms with E-state index in [4.69, 9.17) is 27.9 Å². The lowest BCUT2D eigenvalue weighted by Gasteiger charge is -2.29. The minimum absolute atomic E-state index is 0.0184. The molecule has 30 heavy (non-hydrogen) atoms. The molecule has 0 aromatic heterocycles. The molecule has 0 saturated carbocycles. The van der Waals surface area contributed by atoms with E-state index < -0.39 is 6.04 Å². The van der Waals surface area contributed by atoms with Crippen LogP contribution in [-0.2, 0) is 16.1 Å². The normalized spacial score (nSPS) is 12.7. The van der Waals surface area contributed by atoms with E-state index in [-0.39, 0.29) is 31.0 Å². The predicted molar refractivity (Wildman–Crippen MR) is 129 cm³/mol. The van der Waals surface area contributed by atoms with Crippen LogP contribution in [0.3, 0.4) is 0 Å². The number of ether oxygens (including phenoxy) is 1. The molecule has 0 bridgehead atoms. The highest BCUT2D eigenvalue weighted by Gasteiger charge is 2.27. The zero-order valence-corrected chi connectivity index (χ0v) is 20.8. The summed E-state index contributed by atoms with van der Waals surface area (Å²) >= 11 is 14.3. The molecule has 2 aromatic carbocycles. The van der Waals surface area contributed by atoms with E-state index in [1.54, 1.807) is 37.3 Å². The quantitative estimate of drug-likeness (QED) is 0.421. The van der Waals surface area contributed by atoms with Gasteiger partial charge in [0.05, 0.1) is 10.0 Å². The third kappa shape index (κ3) is 7.32. The molecule has 2 aromatic rings. The third-order valence-corrected chi connectivity index (χ3v) is 6.14. The van der Waals surface area contributed by atoms with Crippen LogP contribution in [0.4, 0.5) is 0 Å². The Kier molecular flexibility index (Phi) is 9.71. The molecule has 1 N–H and O–H groups in total. The Labute approximate surface area is 201 Å². The standard InChI is InChI=1S/C22H25Cl2IN2O3/c1-4-14(2)26-22(29)15(3)27(12-16-5-10-19(23)20(24)11-16)21(28)13-30-18-8-6-17(25)7-9-18/h5-11,14-15H,4,12-13H2,1-3H3,(H,26,29). The van der Waals surface area contributed by atoms with Crippen molar-refractivity contribution in [1.82, 2.24) is 10.2 Å². The molecule has 0 fully saturated rings. The van der Waals surface area contributed by atoms with E-state index in [2.05, 4.69) is 27.9 Å². The molecule has 2 unspecified atom stereocenters. The van der Waals surface area contributed by atoms with Crippen LogP contribution >= 0.6 is 45.8 Å². The van der Waals surface area contributed by atoms with Gasteiger partial charge in [0.2, 0.25) is 5.91 Å². The van der Waals surface area contributed by atoms with Gasteiger partial charge in [-0.15, -0.1) is 0 Å². The summed E-state index contributed by atoms with van der Waals surface area (Å²) in [6.07, 6.45) is 0.801. The van der Waals surface area contributed by atoms with Crippen LogP contribution in [0.15, 0.2) is 42.5 Å². The molecule has 2 amide bonds. The first-order valence-electron chi connectivity index (χ1n) is 9.63. The molecule has 8 heteroatoms. The first-order valence-corrected chi connectivity index (χ1v) is 11.5. The number of halogens is 3. The van der Waals surface area contributed by atoms with E-state index in [9.17, 15) is 9.59 Å². The fourth-order valence-corrected chi connectivity index (χ4v) is 3.32. The monoisotopic (exact) mass is 562 g/mol. The van der Waals surface area contributed by atoms with Crippen LogP contribution in [0.2, 0.25) is 10.0 Å². The van der Waals surface area contributed by atoms with Gasteiger partial charge in [-0.05, 0) is 84.8 Å². The van der Waals surface area contributed by atoms with E-state index in [1.165, 1.54) is 4.90 Å². The molecular weight excluding hydrogens is 538 g/mol. The number of hydrogen-bond acceptors (Lipinski definition) is 3. The van der Waals surface area contributed by atoms with Crippen molar-refractivity contribution in [2.75, 3.05) is 6.61 Å². The van der Waals surface area contributed by atoms with Crippen molar-refractivity contribution in [1.29, 1.82) is 0 Å². The van der Waals surface area contributed by atoms with Crippen molar-refractivity contribution in [2.24, 2.45) is 0 Å². The van der Waals surface area contributed by atoms with Crippen molar-refractivity contribution < 1.29 is 14.3 Å². The van der Waals surface area contributed by atoms with Gasteiger partial charge in [-0.2, -0.15) is 0 Å². The van der Waals surface area contributed by atoms with Crippen molar-refractivity contribution in [3.8, 4) is 5.75 Å². The number of nitrogens with zero attached hydrogens (tertiary/aromatic N) is 1. The maximum Gasteiger partial charge on any atom is 0.261 e. The van der Waals surface area contributed by atoms with Crippen molar-refractivity contribution in [2.45, 2.75) is 45.8 Å². The van der Waals surface area contributed by atoms with E-state index in [0.717, 1.165) is 15.6 Å². The highest BCUT2D eigenvalue weighted by atomic mass is 127. The van der Waals surface area contributed by atoms with Crippen LogP contribution in [-0.4, -0.2) is 35.4 Å². The Morgan fingerprint density at radius 2 is 1.77 bits per heavy atom. The van der Waals surface area contributed by atoms with E-state index in [0.29, 0.717) is 15.8 Å². The zero-order valence-electron chi connectivity index (χ0n) is 17.1. The second kappa shape index (κ2) is 11.8. The second-order valence-electron chi connectivity index (χ2n) is 7.01. The Morgan fingerprint density at radius 3 is 2.37 bits per heavy atom. The van der Waals surface area contributed by atoms with Gasteiger partial charge in [-0.25, -0.2) is 0 Å². The number of rotatable bonds is 9. The lowest BCUT2D eigenvalue weighted by atomic mass is 10.1. The van der Waals surface area contributed by atoms with Gasteiger partial charge < -0.3 is 15.0 Å². The second-order valence-corrected chi connectivity index (χ2v) is 9.07. The largest absolute Gasteiger partial charge is 0.484 e. The Bertz CT molecular complexity index is 877. The number of carbonyl (C=O) groups is 2. The summed E-state index contributed by atoms with van der Waals surface area (Å²) in [5.74, 6) is 0.0772. The summed E-state index contributed by atoms with van der Waals surface area (Å²) in [6, 6.07) is 11.9. The number of amides is 2. The minimum atomic E-state index is -0.679. The van der Waals surface area contributed by atoms with Gasteiger partial charge >= 0.3 is 0 Å². The number of nitrogens with one attached hydrogen (secondary N) is 1. The van der Waals surface area contributed by atoms with Crippen molar-refractivity contribution in [3.05, 3.63) is 61.6 Å². The third-order valence-electron chi connectivity index (χ3n) is 4.68. The fourth-order valence-electron chi connectivity index (χ4n) is 2.64. The van der Waals surface area contributed by atoms with E-state index >= 15 is 0 Å². The maximum absolute atomic E-state index is 13.0. The molecule has 0 heterocycles. The molecular formula is C22H25Cl2IN2O3. The fraction of sp³-hybridized carbons (Fsp3) is 0.364. The summed E-state index contributed by atoms with van der Waals surface area (Å²) in [5, 5.41) is 3.76. The average Bonchev–Trinajstić information content (AvgIpc) is 2.73. The highest BCUT2D eigenvalue weighted by Crippen LogP contribution is 2.24. The molecule has 0 aliphatic carbocycles. The number of hydrogen-bond donors (Lipinski definition) is 1. The lowest BCUT2D eigenvalue weighted by Crippen LogP contribution is -2.50. The first-order chi connectivity index (χ1) is 14.2. The highest BCUT2D eigenvalue weighted by molar-refractivity contribution is 14.1. The smallest absolute Gasteiger partial charge is 0.261 e. The lowest BCUT2D eigenvalue weighted by molar-refractivity contribution is -0.142. The summed E-state index contributed by atoms with van der Waals surface area (Å²) in [4.78, 5) is 27.2. The van der Waals surface area contributed by atoms with Gasteiger partial charge in [0.25, 0.3) is 5.91 Å². The molecule has 2 atom stereocenters. The van der Waals surface area contributed by atoms with Crippen molar-refractivity contribution >= 4 is 57.6 Å². The molecule has 0 aliphatic rings. The van der Waals surface area contributed by atoms with Crippen LogP contribution in [0, 0.1) is 3.57 Å². The molecule has 162 valence electrons. The number of carbonyl (C=O) groups excluding carboxylic acids is 2. The SMILES string of the molecule is CCC(C)NC(=O)C(C)N(Cc1ccc(Cl)c(Cl)c1)C(=O)COc1ccc(I)cc1. The number of benzene rings is 2. The average molecular weight is 563 g/mol. The van der Waals surface area contributed by atoms with Gasteiger partial charge in [0.15, 0.2) is 6.61 Å². The summed E-state index contributed by atoms with van der Waals surface area (Å²) in [5.41, 5.74) is 0.773. The van der Waals surface area contributed by atoms with E-state index in [1.807, 2.05) is 26.0 Å². The Balaban J connectivity index is 2.17. The minimum Gasteiger partial charge on any atom is -0.484 e. The Hall–Kier alpha value is -1.51. The zero-order chi connectivity index (χ0) is 22.3. The maximum atomic E-state index is 13.0. The molecule has 5 nitrogen and oxygen atoms in total. The van der Waals surface area contributed by atoms with Gasteiger partial charge in [0.1, 0.15) is 11.8 Å². The van der Waals surface area contributed by atoms with Crippen LogP contribution in [0.5, 0.6) is 5.75 Å². The first kappa shape index (κ1) is 24.8. The summed E-state index contributed by atoms with van der Waals surface area (Å²) in [6.45, 7) is 5.65. The predicted octanol–water partition coefficient (Wildman–Crippen LogP) is 5.31. The topological polar surface area (TPSA) is 58.6 Å². The summed E-state index contributed by atoms with van der Waals surface area (Å²) in [7, 11) is 0. The van der Waals surface area contributed by atoms with Crippen molar-refractivity contribution in [3.63, 3.8) is 0 Å². The van der Waals surface area contributed by atoms with Crippen LogP contribution in [0.1, 0.15) is 32.8 Å². The van der Waals surface area contributed by atoms with Gasteiger partial charge in [-0.1, -0.05) is 36.2 Å². The molecule has 0 saturated heterocycles. The van der Waals surface area contributed by atoms with Gasteiger partial charge in [-0.3, -0.25) is 9.59 Å². The Morgan fingerprint density at radius 1 is 1.10 bits per heavy atom. The van der Waals surface area contributed by atoms with Crippen LogP contribution < -0.4 is 10.1 Å².